The molecule has 4 heteroatoms. The van der Waals surface area contributed by atoms with Crippen LogP contribution in [0.25, 0.3) is 0 Å². The molecule has 1 aliphatic rings. The summed E-state index contributed by atoms with van der Waals surface area (Å²) in [6.45, 7) is 5.57. The van der Waals surface area contributed by atoms with Gasteiger partial charge in [-0.3, -0.25) is 0 Å². The van der Waals surface area contributed by atoms with E-state index in [0.717, 1.165) is 18.7 Å². The van der Waals surface area contributed by atoms with Crippen molar-refractivity contribution in [1.29, 1.82) is 0 Å². The van der Waals surface area contributed by atoms with Gasteiger partial charge in [-0.1, -0.05) is 24.6 Å². The maximum Gasteiger partial charge on any atom is 0.119 e. The monoisotopic (exact) mass is 292 g/mol. The van der Waals surface area contributed by atoms with Crippen molar-refractivity contribution in [2.75, 3.05) is 39.3 Å². The van der Waals surface area contributed by atoms with Gasteiger partial charge in [0.1, 0.15) is 18.5 Å². The molecule has 1 aromatic rings. The number of benzene rings is 1. The molecule has 0 unspecified atom stereocenters. The maximum absolute atomic E-state index is 9.86. The molecule has 0 saturated carbocycles. The Balaban J connectivity index is 1.46. The molecular weight excluding hydrogens is 264 g/mol. The molecule has 1 atom stereocenters. The molecule has 4 nitrogen and oxygen atoms in total. The minimum absolute atomic E-state index is 0.336. The topological polar surface area (TPSA) is 44.7 Å². The van der Waals surface area contributed by atoms with Crippen molar-refractivity contribution in [1.82, 2.24) is 10.2 Å². The SMILES string of the molecule is O[C@@H](CNCCCN1CCCCC1)COc1ccccc1. The van der Waals surface area contributed by atoms with E-state index in [4.69, 9.17) is 4.74 Å². The molecule has 118 valence electrons. The lowest BCUT2D eigenvalue weighted by Crippen LogP contribution is -2.35. The summed E-state index contributed by atoms with van der Waals surface area (Å²) < 4.78 is 5.52. The summed E-state index contributed by atoms with van der Waals surface area (Å²) in [5.74, 6) is 0.807. The largest absolute Gasteiger partial charge is 0.491 e. The van der Waals surface area contributed by atoms with Gasteiger partial charge in [-0.25, -0.2) is 0 Å². The van der Waals surface area contributed by atoms with E-state index >= 15 is 0 Å². The molecular formula is C17H28N2O2. The third-order valence-corrected chi connectivity index (χ3v) is 3.84. The van der Waals surface area contributed by atoms with E-state index in [1.165, 1.54) is 38.9 Å². The van der Waals surface area contributed by atoms with Gasteiger partial charge < -0.3 is 20.1 Å². The molecule has 2 rings (SSSR count). The quantitative estimate of drug-likeness (QED) is 0.682. The predicted octanol–water partition coefficient (Wildman–Crippen LogP) is 1.89. The number of nitrogens with zero attached hydrogens (tertiary/aromatic N) is 1. The van der Waals surface area contributed by atoms with Gasteiger partial charge in [0, 0.05) is 6.54 Å². The van der Waals surface area contributed by atoms with E-state index in [1.807, 2.05) is 30.3 Å². The Kier molecular flexibility index (Phi) is 7.57. The zero-order valence-electron chi connectivity index (χ0n) is 12.8. The summed E-state index contributed by atoms with van der Waals surface area (Å²) in [5, 5.41) is 13.2. The second-order valence-electron chi connectivity index (χ2n) is 5.74. The normalized spacial score (nSPS) is 17.6. The number of aliphatic hydroxyl groups is 1. The van der Waals surface area contributed by atoms with Gasteiger partial charge in [-0.15, -0.1) is 0 Å². The molecule has 2 N–H and O–H groups in total. The number of aliphatic hydroxyl groups excluding tert-OH is 1. The van der Waals surface area contributed by atoms with Gasteiger partial charge in [0.2, 0.25) is 0 Å². The lowest BCUT2D eigenvalue weighted by atomic mass is 10.1. The Morgan fingerprint density at radius 1 is 1.14 bits per heavy atom. The van der Waals surface area contributed by atoms with Crippen LogP contribution in [0, 0.1) is 0 Å². The molecule has 1 saturated heterocycles. The number of nitrogens with one attached hydrogen (secondary N) is 1. The molecule has 0 aromatic heterocycles. The zero-order valence-corrected chi connectivity index (χ0v) is 12.8. The standard InChI is InChI=1S/C17H28N2O2/c20-16(15-21-17-8-3-1-4-9-17)14-18-10-7-13-19-11-5-2-6-12-19/h1,3-4,8-9,16,18,20H,2,5-7,10-15H2/t16-/m0/s1. The van der Waals surface area contributed by atoms with Gasteiger partial charge >= 0.3 is 0 Å². The highest BCUT2D eigenvalue weighted by atomic mass is 16.5. The number of hydrogen-bond donors (Lipinski definition) is 2. The Bertz CT molecular complexity index is 366. The van der Waals surface area contributed by atoms with Gasteiger partial charge in [0.15, 0.2) is 0 Å². The van der Waals surface area contributed by atoms with E-state index < -0.39 is 6.10 Å². The molecule has 1 aliphatic heterocycles. The number of hydrogen-bond acceptors (Lipinski definition) is 4. The summed E-state index contributed by atoms with van der Waals surface area (Å²) in [4.78, 5) is 2.54. The van der Waals surface area contributed by atoms with Crippen LogP contribution in [-0.2, 0) is 0 Å². The number of para-hydroxylation sites is 1. The number of rotatable bonds is 9. The van der Waals surface area contributed by atoms with Crippen LogP contribution in [0.15, 0.2) is 30.3 Å². The van der Waals surface area contributed by atoms with E-state index in [1.54, 1.807) is 0 Å². The van der Waals surface area contributed by atoms with Crippen LogP contribution in [0.4, 0.5) is 0 Å². The Morgan fingerprint density at radius 3 is 2.67 bits per heavy atom. The third kappa shape index (κ3) is 6.93. The summed E-state index contributed by atoms with van der Waals surface area (Å²) in [7, 11) is 0. The van der Waals surface area contributed by atoms with E-state index in [-0.39, 0.29) is 0 Å². The van der Waals surface area contributed by atoms with Crippen LogP contribution < -0.4 is 10.1 Å². The van der Waals surface area contributed by atoms with E-state index in [9.17, 15) is 5.11 Å². The molecule has 0 aliphatic carbocycles. The predicted molar refractivity (Wildman–Crippen MR) is 85.7 cm³/mol. The zero-order chi connectivity index (χ0) is 14.8. The molecule has 1 aromatic carbocycles. The Labute approximate surface area is 128 Å². The molecule has 0 amide bonds. The molecule has 0 radical (unpaired) electrons. The van der Waals surface area contributed by atoms with Crippen molar-refractivity contribution in [2.24, 2.45) is 0 Å². The second-order valence-corrected chi connectivity index (χ2v) is 5.74. The minimum Gasteiger partial charge on any atom is -0.491 e. The first-order valence-electron chi connectivity index (χ1n) is 8.13. The fourth-order valence-electron chi connectivity index (χ4n) is 2.65. The van der Waals surface area contributed by atoms with E-state index in [2.05, 4.69) is 10.2 Å². The van der Waals surface area contributed by atoms with Crippen LogP contribution >= 0.6 is 0 Å². The fraction of sp³-hybridized carbons (Fsp3) is 0.647. The molecule has 0 spiro atoms. The van der Waals surface area contributed by atoms with Gasteiger partial charge in [-0.05, 0) is 57.6 Å². The summed E-state index contributed by atoms with van der Waals surface area (Å²) in [6, 6.07) is 9.62. The number of likely N-dealkylation sites (tertiary alicyclic amines) is 1. The first-order valence-corrected chi connectivity index (χ1v) is 8.13. The maximum atomic E-state index is 9.86. The Morgan fingerprint density at radius 2 is 1.90 bits per heavy atom. The van der Waals surface area contributed by atoms with Crippen LogP contribution in [0.5, 0.6) is 5.75 Å². The molecule has 21 heavy (non-hydrogen) atoms. The minimum atomic E-state index is -0.458. The number of piperidine rings is 1. The van der Waals surface area contributed by atoms with E-state index in [0.29, 0.717) is 13.2 Å². The molecule has 1 heterocycles. The van der Waals surface area contributed by atoms with Crippen molar-refractivity contribution in [3.8, 4) is 5.75 Å². The lowest BCUT2D eigenvalue weighted by Gasteiger charge is -2.26. The van der Waals surface area contributed by atoms with Gasteiger partial charge in [-0.2, -0.15) is 0 Å². The van der Waals surface area contributed by atoms with Crippen LogP contribution in [-0.4, -0.2) is 55.4 Å². The highest BCUT2D eigenvalue weighted by molar-refractivity contribution is 5.20. The molecule has 1 fully saturated rings. The van der Waals surface area contributed by atoms with Crippen molar-refractivity contribution in [2.45, 2.75) is 31.8 Å². The van der Waals surface area contributed by atoms with Gasteiger partial charge in [0.05, 0.1) is 0 Å². The Hall–Kier alpha value is -1.10. The fourth-order valence-corrected chi connectivity index (χ4v) is 2.65. The number of ether oxygens (including phenoxy) is 1. The highest BCUT2D eigenvalue weighted by Crippen LogP contribution is 2.09. The van der Waals surface area contributed by atoms with Crippen LogP contribution in [0.3, 0.4) is 0 Å². The highest BCUT2D eigenvalue weighted by Gasteiger charge is 2.09. The summed E-state index contributed by atoms with van der Waals surface area (Å²) >= 11 is 0. The van der Waals surface area contributed by atoms with Crippen molar-refractivity contribution < 1.29 is 9.84 Å². The summed E-state index contributed by atoms with van der Waals surface area (Å²) in [6.07, 6.45) is 4.78. The lowest BCUT2D eigenvalue weighted by molar-refractivity contribution is 0.106. The average molecular weight is 292 g/mol. The smallest absolute Gasteiger partial charge is 0.119 e. The average Bonchev–Trinajstić information content (AvgIpc) is 2.54. The van der Waals surface area contributed by atoms with Gasteiger partial charge in [0.25, 0.3) is 0 Å². The van der Waals surface area contributed by atoms with Crippen molar-refractivity contribution in [3.05, 3.63) is 30.3 Å². The molecule has 0 bridgehead atoms. The second kappa shape index (κ2) is 9.77. The summed E-state index contributed by atoms with van der Waals surface area (Å²) in [5.41, 5.74) is 0. The first-order chi connectivity index (χ1) is 10.3. The first kappa shape index (κ1) is 16.3. The van der Waals surface area contributed by atoms with Crippen molar-refractivity contribution in [3.63, 3.8) is 0 Å². The third-order valence-electron chi connectivity index (χ3n) is 3.84. The van der Waals surface area contributed by atoms with Crippen LogP contribution in [0.2, 0.25) is 0 Å². The van der Waals surface area contributed by atoms with Crippen LogP contribution in [0.1, 0.15) is 25.7 Å². The van der Waals surface area contributed by atoms with Crippen molar-refractivity contribution >= 4 is 0 Å².